The highest BCUT2D eigenvalue weighted by atomic mass is 16.5. The van der Waals surface area contributed by atoms with Crippen molar-refractivity contribution in [1.29, 1.82) is 0 Å². The predicted octanol–water partition coefficient (Wildman–Crippen LogP) is 3.38. The van der Waals surface area contributed by atoms with Crippen molar-refractivity contribution < 1.29 is 9.84 Å². The Hall–Kier alpha value is -1.96. The lowest BCUT2D eigenvalue weighted by atomic mass is 9.99. The van der Waals surface area contributed by atoms with Crippen LogP contribution in [0, 0.1) is 6.92 Å². The molecule has 16 heavy (non-hydrogen) atoms. The second kappa shape index (κ2) is 4.27. The van der Waals surface area contributed by atoms with Crippen molar-refractivity contribution in [3.8, 4) is 22.6 Å². The molecule has 0 heterocycles. The van der Waals surface area contributed by atoms with Crippen LogP contribution in [-0.2, 0) is 0 Å². The molecule has 0 radical (unpaired) electrons. The molecule has 0 aromatic heterocycles. The van der Waals surface area contributed by atoms with Gasteiger partial charge in [-0.1, -0.05) is 30.3 Å². The summed E-state index contributed by atoms with van der Waals surface area (Å²) in [6.45, 7) is 1.90. The van der Waals surface area contributed by atoms with Gasteiger partial charge >= 0.3 is 0 Å². The van der Waals surface area contributed by atoms with Gasteiger partial charge in [0.05, 0.1) is 7.11 Å². The lowest BCUT2D eigenvalue weighted by Crippen LogP contribution is -1.88. The summed E-state index contributed by atoms with van der Waals surface area (Å²) in [6, 6.07) is 13.5. The van der Waals surface area contributed by atoms with Crippen LogP contribution in [0.4, 0.5) is 0 Å². The van der Waals surface area contributed by atoms with Crippen LogP contribution in [0.15, 0.2) is 42.5 Å². The molecular weight excluding hydrogens is 200 g/mol. The fraction of sp³-hybridized carbons (Fsp3) is 0.143. The van der Waals surface area contributed by atoms with Gasteiger partial charge in [-0.3, -0.25) is 0 Å². The van der Waals surface area contributed by atoms with Gasteiger partial charge in [0.15, 0.2) is 0 Å². The lowest BCUT2D eigenvalue weighted by Gasteiger charge is -2.10. The fourth-order valence-corrected chi connectivity index (χ4v) is 1.71. The van der Waals surface area contributed by atoms with Gasteiger partial charge in [-0.05, 0) is 29.7 Å². The first-order chi connectivity index (χ1) is 7.72. The Labute approximate surface area is 95.1 Å². The van der Waals surface area contributed by atoms with Gasteiger partial charge in [0.1, 0.15) is 11.5 Å². The van der Waals surface area contributed by atoms with E-state index in [4.69, 9.17) is 4.74 Å². The molecule has 1 N–H and O–H groups in total. The molecule has 0 saturated carbocycles. The van der Waals surface area contributed by atoms with Gasteiger partial charge in [0.25, 0.3) is 0 Å². The Morgan fingerprint density at radius 3 is 2.38 bits per heavy atom. The first-order valence-corrected chi connectivity index (χ1v) is 5.15. The zero-order valence-electron chi connectivity index (χ0n) is 9.40. The van der Waals surface area contributed by atoms with Crippen molar-refractivity contribution in [2.24, 2.45) is 0 Å². The van der Waals surface area contributed by atoms with Crippen LogP contribution < -0.4 is 4.74 Å². The molecule has 0 fully saturated rings. The Morgan fingerprint density at radius 2 is 1.75 bits per heavy atom. The summed E-state index contributed by atoms with van der Waals surface area (Å²) in [7, 11) is 1.60. The van der Waals surface area contributed by atoms with Crippen molar-refractivity contribution in [3.05, 3.63) is 48.0 Å². The van der Waals surface area contributed by atoms with E-state index < -0.39 is 0 Å². The second-order valence-corrected chi connectivity index (χ2v) is 3.69. The molecule has 2 aromatic rings. The highest BCUT2D eigenvalue weighted by molar-refractivity contribution is 5.71. The smallest absolute Gasteiger partial charge is 0.123 e. The molecule has 2 aromatic carbocycles. The van der Waals surface area contributed by atoms with E-state index in [1.807, 2.05) is 43.3 Å². The Bertz CT molecular complexity index is 490. The van der Waals surface area contributed by atoms with Crippen LogP contribution in [0.3, 0.4) is 0 Å². The molecule has 82 valence electrons. The summed E-state index contributed by atoms with van der Waals surface area (Å²) in [5, 5.41) is 9.79. The van der Waals surface area contributed by atoms with Gasteiger partial charge in [-0.25, -0.2) is 0 Å². The van der Waals surface area contributed by atoms with E-state index in [9.17, 15) is 5.11 Å². The van der Waals surface area contributed by atoms with Crippen molar-refractivity contribution in [2.45, 2.75) is 6.92 Å². The summed E-state index contributed by atoms with van der Waals surface area (Å²) in [5.41, 5.74) is 2.94. The monoisotopic (exact) mass is 214 g/mol. The van der Waals surface area contributed by atoms with E-state index in [0.717, 1.165) is 16.7 Å². The van der Waals surface area contributed by atoms with Crippen LogP contribution in [0.1, 0.15) is 5.56 Å². The summed E-state index contributed by atoms with van der Waals surface area (Å²) in [5.74, 6) is 0.931. The summed E-state index contributed by atoms with van der Waals surface area (Å²) < 4.78 is 5.15. The average Bonchev–Trinajstić information content (AvgIpc) is 2.33. The first-order valence-electron chi connectivity index (χ1n) is 5.15. The molecule has 0 aliphatic heterocycles. The van der Waals surface area contributed by atoms with E-state index in [1.54, 1.807) is 13.2 Å². The van der Waals surface area contributed by atoms with E-state index in [1.165, 1.54) is 0 Å². The standard InChI is InChI=1S/C14H14O2/c1-10-13(11-6-4-3-5-7-11)8-12(16-2)9-14(10)15/h3-9,15H,1-2H3. The van der Waals surface area contributed by atoms with Crippen molar-refractivity contribution in [2.75, 3.05) is 7.11 Å². The number of phenolic OH excluding ortho intramolecular Hbond substituents is 1. The zero-order valence-corrected chi connectivity index (χ0v) is 9.40. The number of rotatable bonds is 2. The fourth-order valence-electron chi connectivity index (χ4n) is 1.71. The largest absolute Gasteiger partial charge is 0.508 e. The molecule has 0 aliphatic rings. The number of ether oxygens (including phenoxy) is 1. The Morgan fingerprint density at radius 1 is 1.06 bits per heavy atom. The van der Waals surface area contributed by atoms with Gasteiger partial charge in [-0.2, -0.15) is 0 Å². The number of aromatic hydroxyl groups is 1. The highest BCUT2D eigenvalue weighted by Gasteiger charge is 2.08. The molecule has 0 spiro atoms. The van der Waals surface area contributed by atoms with Gasteiger partial charge in [0.2, 0.25) is 0 Å². The van der Waals surface area contributed by atoms with Crippen LogP contribution in [0.2, 0.25) is 0 Å². The normalized spacial score (nSPS) is 10.1. The molecule has 0 bridgehead atoms. The zero-order chi connectivity index (χ0) is 11.5. The number of hydrogen-bond donors (Lipinski definition) is 1. The topological polar surface area (TPSA) is 29.5 Å². The maximum absolute atomic E-state index is 9.79. The summed E-state index contributed by atoms with van der Waals surface area (Å²) in [4.78, 5) is 0. The minimum atomic E-state index is 0.262. The number of phenols is 1. The molecule has 0 amide bonds. The van der Waals surface area contributed by atoms with Crippen LogP contribution in [-0.4, -0.2) is 12.2 Å². The SMILES string of the molecule is COc1cc(O)c(C)c(-c2ccccc2)c1. The van der Waals surface area contributed by atoms with Crippen molar-refractivity contribution in [1.82, 2.24) is 0 Å². The van der Waals surface area contributed by atoms with E-state index in [2.05, 4.69) is 0 Å². The maximum Gasteiger partial charge on any atom is 0.123 e. The molecule has 0 atom stereocenters. The third-order valence-corrected chi connectivity index (χ3v) is 2.67. The van der Waals surface area contributed by atoms with E-state index in [-0.39, 0.29) is 5.75 Å². The highest BCUT2D eigenvalue weighted by Crippen LogP contribution is 2.33. The predicted molar refractivity (Wildman–Crippen MR) is 64.8 cm³/mol. The average molecular weight is 214 g/mol. The first kappa shape index (κ1) is 10.6. The maximum atomic E-state index is 9.79. The molecule has 2 heteroatoms. The van der Waals surface area contributed by atoms with Crippen molar-refractivity contribution in [3.63, 3.8) is 0 Å². The number of hydrogen-bond acceptors (Lipinski definition) is 2. The van der Waals surface area contributed by atoms with Crippen LogP contribution in [0.25, 0.3) is 11.1 Å². The second-order valence-electron chi connectivity index (χ2n) is 3.69. The molecular formula is C14H14O2. The minimum Gasteiger partial charge on any atom is -0.508 e. The lowest BCUT2D eigenvalue weighted by molar-refractivity contribution is 0.407. The van der Waals surface area contributed by atoms with Gasteiger partial charge < -0.3 is 9.84 Å². The number of benzene rings is 2. The molecule has 0 unspecified atom stereocenters. The van der Waals surface area contributed by atoms with Crippen LogP contribution in [0.5, 0.6) is 11.5 Å². The quantitative estimate of drug-likeness (QED) is 0.830. The molecule has 2 nitrogen and oxygen atoms in total. The Kier molecular flexibility index (Phi) is 2.82. The third kappa shape index (κ3) is 1.87. The Balaban J connectivity index is 2.60. The third-order valence-electron chi connectivity index (χ3n) is 2.67. The van der Waals surface area contributed by atoms with Gasteiger partial charge in [0, 0.05) is 6.07 Å². The molecule has 0 aliphatic carbocycles. The van der Waals surface area contributed by atoms with E-state index >= 15 is 0 Å². The van der Waals surface area contributed by atoms with Crippen LogP contribution >= 0.6 is 0 Å². The molecule has 0 saturated heterocycles. The molecule has 2 rings (SSSR count). The van der Waals surface area contributed by atoms with Gasteiger partial charge in [-0.15, -0.1) is 0 Å². The summed E-state index contributed by atoms with van der Waals surface area (Å²) >= 11 is 0. The number of methoxy groups -OCH3 is 1. The van der Waals surface area contributed by atoms with E-state index in [0.29, 0.717) is 5.75 Å². The summed E-state index contributed by atoms with van der Waals surface area (Å²) in [6.07, 6.45) is 0. The minimum absolute atomic E-state index is 0.262. The van der Waals surface area contributed by atoms with Crippen molar-refractivity contribution >= 4 is 0 Å².